The fourth-order valence-corrected chi connectivity index (χ4v) is 4.34. The zero-order valence-electron chi connectivity index (χ0n) is 17.2. The first-order chi connectivity index (χ1) is 14.3. The number of amides is 1. The van der Waals surface area contributed by atoms with Gasteiger partial charge in [0.05, 0.1) is 30.9 Å². The molecule has 2 aromatic rings. The van der Waals surface area contributed by atoms with Gasteiger partial charge in [0, 0.05) is 4.88 Å². The fourth-order valence-electron chi connectivity index (χ4n) is 2.67. The lowest BCUT2D eigenvalue weighted by atomic mass is 10.1. The van der Waals surface area contributed by atoms with E-state index in [9.17, 15) is 14.9 Å². The third-order valence-corrected chi connectivity index (χ3v) is 5.94. The van der Waals surface area contributed by atoms with E-state index >= 15 is 0 Å². The van der Waals surface area contributed by atoms with Gasteiger partial charge in [0.1, 0.15) is 16.6 Å². The smallest absolute Gasteiger partial charge is 0.341 e. The average molecular weight is 493 g/mol. The molecule has 0 aliphatic carbocycles. The van der Waals surface area contributed by atoms with Crippen LogP contribution in [0.15, 0.2) is 22.2 Å². The molecule has 9 heteroatoms. The SMILES string of the molecule is CCOC(=O)c1c(NC(=O)/C(C#N)=C/c2cc(Br)c(OC)c(OC)c2)sc(C)c1C. The number of carbonyl (C=O) groups excluding carboxylic acids is 2. The number of carbonyl (C=O) groups is 2. The molecule has 0 aliphatic rings. The maximum absolute atomic E-state index is 12.7. The third kappa shape index (κ3) is 5.01. The molecule has 0 saturated carbocycles. The number of nitriles is 1. The van der Waals surface area contributed by atoms with E-state index in [0.717, 1.165) is 10.4 Å². The zero-order valence-corrected chi connectivity index (χ0v) is 19.6. The first kappa shape index (κ1) is 23.4. The van der Waals surface area contributed by atoms with E-state index in [1.54, 1.807) is 26.0 Å². The van der Waals surface area contributed by atoms with Crippen molar-refractivity contribution in [2.24, 2.45) is 0 Å². The standard InChI is InChI=1S/C21H21BrN2O5S/c1-6-29-21(26)17-11(2)12(3)30-20(17)24-19(25)14(10-23)7-13-8-15(22)18(28-5)16(9-13)27-4/h7-9H,6H2,1-5H3,(H,24,25)/b14-7+. The number of ether oxygens (including phenoxy) is 3. The number of esters is 1. The average Bonchev–Trinajstić information content (AvgIpc) is 2.98. The van der Waals surface area contributed by atoms with Crippen molar-refractivity contribution >= 4 is 50.2 Å². The maximum Gasteiger partial charge on any atom is 0.341 e. The van der Waals surface area contributed by atoms with Gasteiger partial charge in [-0.05, 0) is 66.0 Å². The normalized spacial score (nSPS) is 10.9. The Bertz CT molecular complexity index is 1050. The van der Waals surface area contributed by atoms with Crippen LogP contribution in [0.4, 0.5) is 5.00 Å². The quantitative estimate of drug-likeness (QED) is 0.336. The fraction of sp³-hybridized carbons (Fsp3) is 0.286. The molecular weight excluding hydrogens is 472 g/mol. The van der Waals surface area contributed by atoms with Gasteiger partial charge < -0.3 is 19.5 Å². The number of halogens is 1. The van der Waals surface area contributed by atoms with Crippen LogP contribution in [0.5, 0.6) is 11.5 Å². The van der Waals surface area contributed by atoms with Crippen molar-refractivity contribution in [3.63, 3.8) is 0 Å². The summed E-state index contributed by atoms with van der Waals surface area (Å²) in [7, 11) is 3.01. The minimum Gasteiger partial charge on any atom is -0.493 e. The molecule has 1 aromatic carbocycles. The van der Waals surface area contributed by atoms with Crippen molar-refractivity contribution < 1.29 is 23.8 Å². The molecule has 0 bridgehead atoms. The van der Waals surface area contributed by atoms with E-state index < -0.39 is 11.9 Å². The molecule has 1 amide bonds. The minimum atomic E-state index is -0.629. The lowest BCUT2D eigenvalue weighted by Gasteiger charge is -2.11. The van der Waals surface area contributed by atoms with E-state index in [2.05, 4.69) is 21.2 Å². The molecule has 158 valence electrons. The second-order valence-corrected chi connectivity index (χ2v) is 8.15. The van der Waals surface area contributed by atoms with Crippen LogP contribution in [0, 0.1) is 25.2 Å². The first-order valence-electron chi connectivity index (χ1n) is 8.89. The van der Waals surface area contributed by atoms with Gasteiger partial charge in [-0.3, -0.25) is 4.79 Å². The monoisotopic (exact) mass is 492 g/mol. The molecule has 2 rings (SSSR count). The Morgan fingerprint density at radius 2 is 1.97 bits per heavy atom. The molecule has 0 radical (unpaired) electrons. The summed E-state index contributed by atoms with van der Waals surface area (Å²) in [5, 5.41) is 12.5. The Labute approximate surface area is 187 Å². The lowest BCUT2D eigenvalue weighted by molar-refractivity contribution is -0.112. The van der Waals surface area contributed by atoms with E-state index in [4.69, 9.17) is 14.2 Å². The number of hydrogen-bond donors (Lipinski definition) is 1. The number of anilines is 1. The zero-order chi connectivity index (χ0) is 22.4. The first-order valence-corrected chi connectivity index (χ1v) is 10.5. The summed E-state index contributed by atoms with van der Waals surface area (Å²) < 4.78 is 16.3. The number of hydrogen-bond acceptors (Lipinski definition) is 7. The molecule has 1 heterocycles. The predicted molar refractivity (Wildman–Crippen MR) is 119 cm³/mol. The van der Waals surface area contributed by atoms with Crippen molar-refractivity contribution in [1.82, 2.24) is 0 Å². The Morgan fingerprint density at radius 3 is 2.53 bits per heavy atom. The van der Waals surface area contributed by atoms with Gasteiger partial charge in [-0.1, -0.05) is 0 Å². The van der Waals surface area contributed by atoms with Crippen molar-refractivity contribution in [3.05, 3.63) is 43.7 Å². The molecule has 0 aliphatic heterocycles. The lowest BCUT2D eigenvalue weighted by Crippen LogP contribution is -2.16. The van der Waals surface area contributed by atoms with E-state index in [-0.39, 0.29) is 12.2 Å². The minimum absolute atomic E-state index is 0.132. The van der Waals surface area contributed by atoms with Crippen LogP contribution in [-0.2, 0) is 9.53 Å². The summed E-state index contributed by atoms with van der Waals surface area (Å²) in [6, 6.07) is 5.26. The number of methoxy groups -OCH3 is 2. The van der Waals surface area contributed by atoms with Crippen LogP contribution in [-0.4, -0.2) is 32.7 Å². The van der Waals surface area contributed by atoms with Gasteiger partial charge in [0.15, 0.2) is 11.5 Å². The Kier molecular flexibility index (Phi) is 8.03. The maximum atomic E-state index is 12.7. The summed E-state index contributed by atoms with van der Waals surface area (Å²) in [5.74, 6) is -0.192. The molecule has 1 aromatic heterocycles. The Hall–Kier alpha value is -2.83. The van der Waals surface area contributed by atoms with E-state index in [0.29, 0.717) is 32.1 Å². The molecule has 0 unspecified atom stereocenters. The van der Waals surface area contributed by atoms with Crippen LogP contribution < -0.4 is 14.8 Å². The summed E-state index contributed by atoms with van der Waals surface area (Å²) in [5.41, 5.74) is 1.47. The summed E-state index contributed by atoms with van der Waals surface area (Å²) >= 11 is 4.64. The number of thiophene rings is 1. The topological polar surface area (TPSA) is 97.7 Å². The van der Waals surface area contributed by atoms with Crippen LogP contribution in [0.25, 0.3) is 6.08 Å². The molecule has 30 heavy (non-hydrogen) atoms. The van der Waals surface area contributed by atoms with Gasteiger partial charge in [-0.2, -0.15) is 5.26 Å². The number of nitrogens with zero attached hydrogens (tertiary/aromatic N) is 1. The molecule has 0 spiro atoms. The Morgan fingerprint density at radius 1 is 1.27 bits per heavy atom. The summed E-state index contributed by atoms with van der Waals surface area (Å²) in [6.45, 7) is 5.57. The third-order valence-electron chi connectivity index (χ3n) is 4.22. The van der Waals surface area contributed by atoms with Gasteiger partial charge in [-0.15, -0.1) is 11.3 Å². The Balaban J connectivity index is 2.39. The number of aryl methyl sites for hydroxylation is 1. The number of benzene rings is 1. The number of nitrogens with one attached hydrogen (secondary N) is 1. The summed E-state index contributed by atoms with van der Waals surface area (Å²) in [6.07, 6.45) is 1.43. The molecule has 0 saturated heterocycles. The van der Waals surface area contributed by atoms with E-state index in [1.165, 1.54) is 31.6 Å². The van der Waals surface area contributed by atoms with Crippen molar-refractivity contribution in [2.45, 2.75) is 20.8 Å². The molecule has 1 N–H and O–H groups in total. The highest BCUT2D eigenvalue weighted by molar-refractivity contribution is 9.10. The van der Waals surface area contributed by atoms with Gasteiger partial charge in [-0.25, -0.2) is 4.79 Å². The van der Waals surface area contributed by atoms with Gasteiger partial charge in [0.2, 0.25) is 0 Å². The highest BCUT2D eigenvalue weighted by Crippen LogP contribution is 2.37. The highest BCUT2D eigenvalue weighted by atomic mass is 79.9. The predicted octanol–water partition coefficient (Wildman–Crippen LogP) is 4.87. The highest BCUT2D eigenvalue weighted by Gasteiger charge is 2.23. The van der Waals surface area contributed by atoms with Gasteiger partial charge in [0.25, 0.3) is 5.91 Å². The largest absolute Gasteiger partial charge is 0.493 e. The van der Waals surface area contributed by atoms with Crippen LogP contribution in [0.3, 0.4) is 0 Å². The molecule has 7 nitrogen and oxygen atoms in total. The van der Waals surface area contributed by atoms with Crippen molar-refractivity contribution in [1.29, 1.82) is 5.26 Å². The summed E-state index contributed by atoms with van der Waals surface area (Å²) in [4.78, 5) is 25.9. The van der Waals surface area contributed by atoms with E-state index in [1.807, 2.05) is 13.0 Å². The van der Waals surface area contributed by atoms with Crippen LogP contribution >= 0.6 is 27.3 Å². The van der Waals surface area contributed by atoms with Crippen molar-refractivity contribution in [3.8, 4) is 17.6 Å². The molecule has 0 fully saturated rings. The van der Waals surface area contributed by atoms with Gasteiger partial charge >= 0.3 is 5.97 Å². The second-order valence-electron chi connectivity index (χ2n) is 6.07. The molecule has 0 atom stereocenters. The van der Waals surface area contributed by atoms with Crippen LogP contribution in [0.2, 0.25) is 0 Å². The second kappa shape index (κ2) is 10.3. The van der Waals surface area contributed by atoms with Crippen LogP contribution in [0.1, 0.15) is 33.3 Å². The van der Waals surface area contributed by atoms with Crippen molar-refractivity contribution in [2.75, 3.05) is 26.1 Å². The molecular formula is C21H21BrN2O5S. The number of rotatable bonds is 7.